The van der Waals surface area contributed by atoms with Crippen molar-refractivity contribution in [1.82, 2.24) is 0 Å². The summed E-state index contributed by atoms with van der Waals surface area (Å²) in [4.78, 5) is 14.1. The Bertz CT molecular complexity index is 680. The molecule has 0 radical (unpaired) electrons. The van der Waals surface area contributed by atoms with Gasteiger partial charge in [0.15, 0.2) is 0 Å². The summed E-state index contributed by atoms with van der Waals surface area (Å²) in [5.74, 6) is 0.0196. The van der Waals surface area contributed by atoms with E-state index in [2.05, 4.69) is 0 Å². The zero-order valence-corrected chi connectivity index (χ0v) is 14.6. The first-order chi connectivity index (χ1) is 11.4. The molecule has 0 bridgehead atoms. The van der Waals surface area contributed by atoms with Crippen LogP contribution in [0, 0.1) is 5.92 Å². The number of halogens is 3. The molecule has 0 unspecified atom stereocenters. The molecule has 1 fully saturated rings. The lowest BCUT2D eigenvalue weighted by atomic mass is 9.77. The van der Waals surface area contributed by atoms with Gasteiger partial charge < -0.3 is 10.5 Å². The van der Waals surface area contributed by atoms with Crippen LogP contribution in [0.25, 0.3) is 0 Å². The molecule has 1 aromatic rings. The largest absolute Gasteiger partial charge is 0.443 e. The molecule has 1 heterocycles. The predicted molar refractivity (Wildman–Crippen MR) is 88.2 cm³/mol. The average molecular weight is 356 g/mol. The van der Waals surface area contributed by atoms with Gasteiger partial charge in [-0.05, 0) is 52.0 Å². The van der Waals surface area contributed by atoms with Gasteiger partial charge >= 0.3 is 12.3 Å². The van der Waals surface area contributed by atoms with Gasteiger partial charge in [-0.25, -0.2) is 4.79 Å². The minimum Gasteiger partial charge on any atom is -0.443 e. The van der Waals surface area contributed by atoms with Gasteiger partial charge in [0.2, 0.25) is 0 Å². The number of fused-ring (bicyclic) bond motifs is 1. The molecule has 0 saturated heterocycles. The number of rotatable bonds is 1. The quantitative estimate of drug-likeness (QED) is 0.815. The molecule has 1 aliphatic heterocycles. The number of alkyl halides is 3. The highest BCUT2D eigenvalue weighted by Crippen LogP contribution is 2.52. The highest BCUT2D eigenvalue weighted by atomic mass is 19.4. The summed E-state index contributed by atoms with van der Waals surface area (Å²) < 4.78 is 46.9. The number of nitrogens with two attached hydrogens (primary N) is 1. The Morgan fingerprint density at radius 1 is 1.24 bits per heavy atom. The summed E-state index contributed by atoms with van der Waals surface area (Å²) in [6.45, 7) is 5.20. The number of hydrogen-bond donors (Lipinski definition) is 1. The summed E-state index contributed by atoms with van der Waals surface area (Å²) in [5.41, 5.74) is 2.81. The summed E-state index contributed by atoms with van der Waals surface area (Å²) in [6, 6.07) is 5.38. The van der Waals surface area contributed by atoms with Gasteiger partial charge in [0.05, 0.1) is 5.69 Å². The van der Waals surface area contributed by atoms with E-state index in [-0.39, 0.29) is 23.6 Å². The van der Waals surface area contributed by atoms with E-state index in [1.807, 2.05) is 0 Å². The second kappa shape index (κ2) is 5.62. The van der Waals surface area contributed by atoms with E-state index in [1.54, 1.807) is 26.8 Å². The molecule has 0 spiro atoms. The normalized spacial score (nSPS) is 27.0. The van der Waals surface area contributed by atoms with E-state index in [0.29, 0.717) is 0 Å². The first kappa shape index (κ1) is 18.0. The Labute approximate surface area is 145 Å². The molecule has 25 heavy (non-hydrogen) atoms. The topological polar surface area (TPSA) is 55.6 Å². The van der Waals surface area contributed by atoms with Crippen LogP contribution in [0.5, 0.6) is 0 Å². The highest BCUT2D eigenvalue weighted by Gasteiger charge is 2.60. The lowest BCUT2D eigenvalue weighted by Crippen LogP contribution is -2.60. The number of carbonyl (C=O) groups is 1. The number of carbonyl (C=O) groups excluding carboxylic acids is 1. The average Bonchev–Trinajstić information content (AvgIpc) is 3.28. The number of nitrogens with zero attached hydrogens (tertiary/aromatic N) is 1. The maximum Gasteiger partial charge on any atom is 0.415 e. The van der Waals surface area contributed by atoms with Crippen LogP contribution in [-0.2, 0) is 10.3 Å². The molecule has 1 amide bonds. The molecular weight excluding hydrogens is 333 g/mol. The van der Waals surface area contributed by atoms with Crippen LogP contribution < -0.4 is 10.6 Å². The number of amides is 1. The van der Waals surface area contributed by atoms with Crippen molar-refractivity contribution in [2.45, 2.75) is 63.4 Å². The maximum absolute atomic E-state index is 13.8. The van der Waals surface area contributed by atoms with Gasteiger partial charge in [-0.3, -0.25) is 4.90 Å². The van der Waals surface area contributed by atoms with Crippen molar-refractivity contribution >= 4 is 11.8 Å². The monoisotopic (exact) mass is 356 g/mol. The predicted octanol–water partition coefficient (Wildman–Crippen LogP) is 4.33. The van der Waals surface area contributed by atoms with Gasteiger partial charge in [0.1, 0.15) is 11.1 Å². The van der Waals surface area contributed by atoms with Crippen molar-refractivity contribution in [1.29, 1.82) is 0 Å². The molecule has 138 valence electrons. The van der Waals surface area contributed by atoms with Crippen LogP contribution in [0.1, 0.15) is 45.6 Å². The van der Waals surface area contributed by atoms with E-state index in [1.165, 1.54) is 23.1 Å². The number of benzene rings is 1. The third kappa shape index (κ3) is 3.21. The summed E-state index contributed by atoms with van der Waals surface area (Å²) >= 11 is 0. The Morgan fingerprint density at radius 3 is 2.36 bits per heavy atom. The van der Waals surface area contributed by atoms with Gasteiger partial charge in [0.25, 0.3) is 0 Å². The molecule has 1 saturated carbocycles. The summed E-state index contributed by atoms with van der Waals surface area (Å²) in [6.07, 6.45) is -3.99. The summed E-state index contributed by atoms with van der Waals surface area (Å²) in [7, 11) is 0. The molecule has 2 atom stereocenters. The Hall–Kier alpha value is -1.76. The van der Waals surface area contributed by atoms with Crippen molar-refractivity contribution < 1.29 is 22.7 Å². The van der Waals surface area contributed by atoms with Crippen molar-refractivity contribution in [2.24, 2.45) is 11.7 Å². The molecule has 1 aromatic carbocycles. The Kier molecular flexibility index (Phi) is 4.06. The smallest absolute Gasteiger partial charge is 0.415 e. The van der Waals surface area contributed by atoms with Gasteiger partial charge in [-0.2, -0.15) is 13.2 Å². The number of anilines is 1. The van der Waals surface area contributed by atoms with Crippen LogP contribution in [0.4, 0.5) is 23.7 Å². The second-order valence-electron chi connectivity index (χ2n) is 7.95. The standard InChI is InChI=1S/C18H23F3N2O2/c1-16(2,3)25-15(24)23-13-7-5-4-6-12(13)17(22,18(19,20)21)10-14(23)11-8-9-11/h4-7,11,14H,8-10,22H2,1-3H3/t14-,17+/m0/s1. The van der Waals surface area contributed by atoms with E-state index < -0.39 is 29.5 Å². The maximum atomic E-state index is 13.8. The van der Waals surface area contributed by atoms with Gasteiger partial charge in [-0.15, -0.1) is 0 Å². The van der Waals surface area contributed by atoms with Crippen LogP contribution >= 0.6 is 0 Å². The lowest BCUT2D eigenvalue weighted by Gasteiger charge is -2.46. The number of para-hydroxylation sites is 1. The SMILES string of the molecule is CC(C)(C)OC(=O)N1c2ccccc2[C@@](N)(C(F)(F)F)C[C@H]1C1CC1. The molecule has 2 N–H and O–H groups in total. The van der Waals surface area contributed by atoms with Crippen molar-refractivity contribution in [3.63, 3.8) is 0 Å². The minimum absolute atomic E-state index is 0.0196. The number of ether oxygens (including phenoxy) is 1. The van der Waals surface area contributed by atoms with Gasteiger partial charge in [-0.1, -0.05) is 18.2 Å². The molecule has 4 nitrogen and oxygen atoms in total. The van der Waals surface area contributed by atoms with E-state index in [4.69, 9.17) is 10.5 Å². The Balaban J connectivity index is 2.10. The van der Waals surface area contributed by atoms with Crippen LogP contribution in [0.3, 0.4) is 0 Å². The fourth-order valence-electron chi connectivity index (χ4n) is 3.44. The van der Waals surface area contributed by atoms with E-state index >= 15 is 0 Å². The third-order valence-corrected chi connectivity index (χ3v) is 4.77. The Morgan fingerprint density at radius 2 is 1.84 bits per heavy atom. The number of hydrogen-bond acceptors (Lipinski definition) is 3. The first-order valence-corrected chi connectivity index (χ1v) is 8.41. The molecule has 2 aliphatic rings. The van der Waals surface area contributed by atoms with Crippen molar-refractivity contribution in [3.05, 3.63) is 29.8 Å². The third-order valence-electron chi connectivity index (χ3n) is 4.77. The first-order valence-electron chi connectivity index (χ1n) is 8.41. The van der Waals surface area contributed by atoms with Crippen LogP contribution in [0.2, 0.25) is 0 Å². The molecule has 1 aliphatic carbocycles. The minimum atomic E-state index is -4.60. The van der Waals surface area contributed by atoms with E-state index in [0.717, 1.165) is 12.8 Å². The lowest BCUT2D eigenvalue weighted by molar-refractivity contribution is -0.194. The molecule has 3 rings (SSSR count). The summed E-state index contributed by atoms with van der Waals surface area (Å²) in [5, 5.41) is 0. The molecule has 0 aromatic heterocycles. The van der Waals surface area contributed by atoms with E-state index in [9.17, 15) is 18.0 Å². The highest BCUT2D eigenvalue weighted by molar-refractivity contribution is 5.91. The fourth-order valence-corrected chi connectivity index (χ4v) is 3.44. The van der Waals surface area contributed by atoms with Crippen LogP contribution in [-0.4, -0.2) is 23.9 Å². The molecule has 7 heteroatoms. The second-order valence-corrected chi connectivity index (χ2v) is 7.95. The van der Waals surface area contributed by atoms with Crippen molar-refractivity contribution in [2.75, 3.05) is 4.90 Å². The van der Waals surface area contributed by atoms with Gasteiger partial charge in [0, 0.05) is 11.6 Å². The zero-order valence-electron chi connectivity index (χ0n) is 14.6. The molecular formula is C18H23F3N2O2. The fraction of sp³-hybridized carbons (Fsp3) is 0.611. The van der Waals surface area contributed by atoms with Crippen LogP contribution in [0.15, 0.2) is 24.3 Å². The van der Waals surface area contributed by atoms with Crippen molar-refractivity contribution in [3.8, 4) is 0 Å². The zero-order chi connectivity index (χ0) is 18.6.